The van der Waals surface area contributed by atoms with Crippen LogP contribution in [0.1, 0.15) is 20.7 Å². The van der Waals surface area contributed by atoms with Crippen LogP contribution in [0.4, 0.5) is 5.00 Å². The molecule has 6 heteroatoms. The third kappa shape index (κ3) is 3.37. The van der Waals surface area contributed by atoms with E-state index < -0.39 is 0 Å². The molecule has 4 rings (SSSR count). The van der Waals surface area contributed by atoms with Gasteiger partial charge in [0.15, 0.2) is 0 Å². The summed E-state index contributed by atoms with van der Waals surface area (Å²) in [5.74, 6) is -0.510. The van der Waals surface area contributed by atoms with Gasteiger partial charge in [0.25, 0.3) is 11.8 Å². The molecular weight excluding hydrogens is 370 g/mol. The van der Waals surface area contributed by atoms with Crippen LogP contribution in [0.5, 0.6) is 0 Å². The molecule has 138 valence electrons. The van der Waals surface area contributed by atoms with Crippen molar-refractivity contribution in [1.29, 1.82) is 0 Å². The third-order valence-corrected chi connectivity index (χ3v) is 5.22. The Morgan fingerprint density at radius 1 is 0.893 bits per heavy atom. The van der Waals surface area contributed by atoms with Crippen LogP contribution in [0.15, 0.2) is 72.1 Å². The van der Waals surface area contributed by atoms with Gasteiger partial charge in [-0.3, -0.25) is 9.59 Å². The van der Waals surface area contributed by atoms with Gasteiger partial charge in [0.1, 0.15) is 5.00 Å². The Hall–Kier alpha value is -3.51. The summed E-state index contributed by atoms with van der Waals surface area (Å²) in [6.45, 7) is 0. The Morgan fingerprint density at radius 2 is 1.64 bits per heavy atom. The van der Waals surface area contributed by atoms with Gasteiger partial charge in [-0.1, -0.05) is 48.5 Å². The van der Waals surface area contributed by atoms with Crippen molar-refractivity contribution in [1.82, 2.24) is 10.3 Å². The van der Waals surface area contributed by atoms with E-state index >= 15 is 0 Å². The number of rotatable bonds is 4. The molecule has 2 heterocycles. The number of nitrogens with one attached hydrogen (secondary N) is 2. The summed E-state index contributed by atoms with van der Waals surface area (Å²) in [6, 6.07) is 20.8. The highest BCUT2D eigenvalue weighted by atomic mass is 32.1. The fraction of sp³-hybridized carbons (Fsp3) is 0.0455. The SMILES string of the molecule is CNC(=O)c1ccsc1NC(=O)c1cc(-c2ccccc2)nc2ccccc12. The quantitative estimate of drug-likeness (QED) is 0.539. The number of benzene rings is 2. The molecule has 0 aliphatic carbocycles. The molecule has 0 unspecified atom stereocenters. The minimum atomic E-state index is -0.275. The van der Waals surface area contributed by atoms with Crippen molar-refractivity contribution in [3.05, 3.63) is 83.2 Å². The van der Waals surface area contributed by atoms with Gasteiger partial charge in [0, 0.05) is 18.0 Å². The number of carbonyl (C=O) groups is 2. The Morgan fingerprint density at radius 3 is 2.43 bits per heavy atom. The summed E-state index contributed by atoms with van der Waals surface area (Å²) in [5.41, 5.74) is 3.36. The number of nitrogens with zero attached hydrogens (tertiary/aromatic N) is 1. The number of fused-ring (bicyclic) bond motifs is 1. The van der Waals surface area contributed by atoms with E-state index in [2.05, 4.69) is 10.6 Å². The van der Waals surface area contributed by atoms with Crippen LogP contribution < -0.4 is 10.6 Å². The zero-order valence-electron chi connectivity index (χ0n) is 15.1. The lowest BCUT2D eigenvalue weighted by molar-refractivity contribution is 0.0964. The van der Waals surface area contributed by atoms with Crippen LogP contribution >= 0.6 is 11.3 Å². The number of aromatic nitrogens is 1. The monoisotopic (exact) mass is 387 g/mol. The van der Waals surface area contributed by atoms with Crippen LogP contribution in [-0.2, 0) is 0 Å². The first-order valence-electron chi connectivity index (χ1n) is 8.73. The first-order chi connectivity index (χ1) is 13.7. The maximum Gasteiger partial charge on any atom is 0.257 e. The summed E-state index contributed by atoms with van der Waals surface area (Å²) in [4.78, 5) is 29.8. The van der Waals surface area contributed by atoms with Crippen molar-refractivity contribution in [2.75, 3.05) is 12.4 Å². The molecule has 2 aromatic carbocycles. The highest BCUT2D eigenvalue weighted by Crippen LogP contribution is 2.28. The minimum Gasteiger partial charge on any atom is -0.355 e. The summed E-state index contributed by atoms with van der Waals surface area (Å²) >= 11 is 1.31. The Labute approximate surface area is 166 Å². The molecule has 4 aromatic rings. The van der Waals surface area contributed by atoms with E-state index in [1.54, 1.807) is 24.6 Å². The van der Waals surface area contributed by atoms with Gasteiger partial charge in [-0.2, -0.15) is 0 Å². The Kier molecular flexibility index (Phi) is 4.87. The van der Waals surface area contributed by atoms with Crippen molar-refractivity contribution in [2.45, 2.75) is 0 Å². The number of carbonyl (C=O) groups excluding carboxylic acids is 2. The van der Waals surface area contributed by atoms with Gasteiger partial charge in [-0.25, -0.2) is 4.98 Å². The minimum absolute atomic E-state index is 0.235. The van der Waals surface area contributed by atoms with Crippen molar-refractivity contribution in [3.63, 3.8) is 0 Å². The molecular formula is C22H17N3O2S. The fourth-order valence-corrected chi connectivity index (χ4v) is 3.79. The van der Waals surface area contributed by atoms with Gasteiger partial charge in [0.05, 0.1) is 22.3 Å². The molecule has 0 saturated carbocycles. The second-order valence-electron chi connectivity index (χ2n) is 6.13. The summed E-state index contributed by atoms with van der Waals surface area (Å²) in [7, 11) is 1.56. The Balaban J connectivity index is 1.78. The average Bonchev–Trinajstić information content (AvgIpc) is 3.21. The van der Waals surface area contributed by atoms with Crippen molar-refractivity contribution < 1.29 is 9.59 Å². The maximum absolute atomic E-state index is 13.1. The predicted molar refractivity (Wildman–Crippen MR) is 113 cm³/mol. The molecule has 0 fully saturated rings. The van der Waals surface area contributed by atoms with Crippen molar-refractivity contribution in [3.8, 4) is 11.3 Å². The first-order valence-corrected chi connectivity index (χ1v) is 9.61. The van der Waals surface area contributed by atoms with E-state index in [4.69, 9.17) is 4.98 Å². The molecule has 2 amide bonds. The zero-order chi connectivity index (χ0) is 19.5. The standard InChI is InChI=1S/C22H17N3O2S/c1-23-20(26)16-11-12-28-22(16)25-21(27)17-13-19(14-7-3-2-4-8-14)24-18-10-6-5-9-15(17)18/h2-13H,1H3,(H,23,26)(H,25,27). The van der Waals surface area contributed by atoms with Crippen LogP contribution in [0, 0.1) is 0 Å². The first kappa shape index (κ1) is 17.9. The number of thiophene rings is 1. The lowest BCUT2D eigenvalue weighted by Crippen LogP contribution is -2.20. The van der Waals surface area contributed by atoms with E-state index in [0.717, 1.165) is 22.2 Å². The van der Waals surface area contributed by atoms with Gasteiger partial charge < -0.3 is 10.6 Å². The van der Waals surface area contributed by atoms with Gasteiger partial charge in [-0.15, -0.1) is 11.3 Å². The van der Waals surface area contributed by atoms with Crippen LogP contribution in [0.3, 0.4) is 0 Å². The number of hydrogen-bond donors (Lipinski definition) is 2. The largest absolute Gasteiger partial charge is 0.355 e. The molecule has 0 aliphatic heterocycles. The molecule has 0 bridgehead atoms. The van der Waals surface area contributed by atoms with E-state index in [-0.39, 0.29) is 11.8 Å². The molecule has 0 spiro atoms. The van der Waals surface area contributed by atoms with Gasteiger partial charge >= 0.3 is 0 Å². The zero-order valence-corrected chi connectivity index (χ0v) is 15.9. The van der Waals surface area contributed by atoms with Gasteiger partial charge in [-0.05, 0) is 23.6 Å². The number of anilines is 1. The number of pyridine rings is 1. The van der Waals surface area contributed by atoms with Crippen LogP contribution in [0.25, 0.3) is 22.2 Å². The molecule has 28 heavy (non-hydrogen) atoms. The normalized spacial score (nSPS) is 10.6. The lowest BCUT2D eigenvalue weighted by Gasteiger charge is -2.11. The molecule has 0 saturated heterocycles. The molecule has 0 atom stereocenters. The van der Waals surface area contributed by atoms with E-state index in [1.807, 2.05) is 54.6 Å². The number of hydrogen-bond acceptors (Lipinski definition) is 4. The molecule has 0 aliphatic rings. The second-order valence-corrected chi connectivity index (χ2v) is 7.05. The smallest absolute Gasteiger partial charge is 0.257 e. The van der Waals surface area contributed by atoms with Crippen LogP contribution in [0.2, 0.25) is 0 Å². The second kappa shape index (κ2) is 7.62. The number of amides is 2. The van der Waals surface area contributed by atoms with E-state index in [9.17, 15) is 9.59 Å². The molecule has 0 radical (unpaired) electrons. The summed E-state index contributed by atoms with van der Waals surface area (Å²) in [5, 5.41) is 8.53. The fourth-order valence-electron chi connectivity index (χ4n) is 3.01. The maximum atomic E-state index is 13.1. The number of para-hydroxylation sites is 1. The van der Waals surface area contributed by atoms with Crippen molar-refractivity contribution in [2.24, 2.45) is 0 Å². The summed E-state index contributed by atoms with van der Waals surface area (Å²) in [6.07, 6.45) is 0. The van der Waals surface area contributed by atoms with Crippen LogP contribution in [-0.4, -0.2) is 23.8 Å². The summed E-state index contributed by atoms with van der Waals surface area (Å²) < 4.78 is 0. The third-order valence-electron chi connectivity index (χ3n) is 4.39. The highest BCUT2D eigenvalue weighted by Gasteiger charge is 2.18. The molecule has 2 aromatic heterocycles. The van der Waals surface area contributed by atoms with E-state index in [1.165, 1.54) is 11.3 Å². The van der Waals surface area contributed by atoms with Crippen molar-refractivity contribution >= 4 is 39.1 Å². The topological polar surface area (TPSA) is 71.1 Å². The van der Waals surface area contributed by atoms with E-state index in [0.29, 0.717) is 16.1 Å². The highest BCUT2D eigenvalue weighted by molar-refractivity contribution is 7.14. The van der Waals surface area contributed by atoms with Gasteiger partial charge in [0.2, 0.25) is 0 Å². The lowest BCUT2D eigenvalue weighted by atomic mass is 10.0. The molecule has 5 nitrogen and oxygen atoms in total. The Bertz CT molecular complexity index is 1170. The average molecular weight is 387 g/mol. The predicted octanol–water partition coefficient (Wildman–Crippen LogP) is 4.58. The molecule has 2 N–H and O–H groups in total.